The van der Waals surface area contributed by atoms with E-state index in [1.54, 1.807) is 7.11 Å². The molecule has 0 bridgehead atoms. The first-order valence-electron chi connectivity index (χ1n) is 5.60. The molecule has 0 aliphatic rings. The third-order valence-corrected chi connectivity index (χ3v) is 2.92. The van der Waals surface area contributed by atoms with Gasteiger partial charge in [-0.25, -0.2) is 0 Å². The van der Waals surface area contributed by atoms with Gasteiger partial charge in [-0.05, 0) is 41.3 Å². The quantitative estimate of drug-likeness (QED) is 0.874. The first-order chi connectivity index (χ1) is 8.26. The molecular weight excluding hydrogens is 212 g/mol. The second kappa shape index (κ2) is 5.02. The summed E-state index contributed by atoms with van der Waals surface area (Å²) in [7, 11) is 1.63. The van der Waals surface area contributed by atoms with E-state index >= 15 is 0 Å². The SMILES string of the molecule is COc1ccc(-c2ccccc2C)c(CO)c1. The average Bonchev–Trinajstić information content (AvgIpc) is 2.38. The summed E-state index contributed by atoms with van der Waals surface area (Å²) in [5, 5.41) is 9.44. The molecule has 88 valence electrons. The van der Waals surface area contributed by atoms with E-state index in [0.29, 0.717) is 0 Å². The van der Waals surface area contributed by atoms with Crippen LogP contribution in [0.3, 0.4) is 0 Å². The predicted octanol–water partition coefficient (Wildman–Crippen LogP) is 3.16. The zero-order valence-electron chi connectivity index (χ0n) is 10.1. The van der Waals surface area contributed by atoms with Crippen LogP contribution < -0.4 is 4.74 Å². The molecule has 0 aromatic heterocycles. The highest BCUT2D eigenvalue weighted by atomic mass is 16.5. The Kier molecular flexibility index (Phi) is 3.45. The molecule has 0 aliphatic heterocycles. The summed E-state index contributed by atoms with van der Waals surface area (Å²) < 4.78 is 5.17. The number of aryl methyl sites for hydroxylation is 1. The number of rotatable bonds is 3. The summed E-state index contributed by atoms with van der Waals surface area (Å²) in [5.41, 5.74) is 4.30. The molecule has 2 heteroatoms. The molecular formula is C15H16O2. The lowest BCUT2D eigenvalue weighted by atomic mass is 9.96. The lowest BCUT2D eigenvalue weighted by molar-refractivity contribution is 0.281. The van der Waals surface area contributed by atoms with Crippen LogP contribution in [0.15, 0.2) is 42.5 Å². The number of methoxy groups -OCH3 is 1. The van der Waals surface area contributed by atoms with Gasteiger partial charge in [0.2, 0.25) is 0 Å². The number of aliphatic hydroxyl groups excluding tert-OH is 1. The van der Waals surface area contributed by atoms with Crippen molar-refractivity contribution in [1.82, 2.24) is 0 Å². The summed E-state index contributed by atoms with van der Waals surface area (Å²) in [5.74, 6) is 0.770. The van der Waals surface area contributed by atoms with E-state index in [-0.39, 0.29) is 6.61 Å². The van der Waals surface area contributed by atoms with Crippen LogP contribution >= 0.6 is 0 Å². The average molecular weight is 228 g/mol. The Morgan fingerprint density at radius 1 is 1.06 bits per heavy atom. The molecule has 17 heavy (non-hydrogen) atoms. The molecule has 0 aliphatic carbocycles. The van der Waals surface area contributed by atoms with Crippen LogP contribution in [0, 0.1) is 6.92 Å². The highest BCUT2D eigenvalue weighted by molar-refractivity contribution is 5.71. The van der Waals surface area contributed by atoms with E-state index in [2.05, 4.69) is 19.1 Å². The van der Waals surface area contributed by atoms with Gasteiger partial charge < -0.3 is 9.84 Å². The lowest BCUT2D eigenvalue weighted by Gasteiger charge is -2.11. The molecule has 0 spiro atoms. The Morgan fingerprint density at radius 2 is 1.82 bits per heavy atom. The maximum Gasteiger partial charge on any atom is 0.119 e. The van der Waals surface area contributed by atoms with E-state index in [1.807, 2.05) is 30.3 Å². The van der Waals surface area contributed by atoms with Crippen molar-refractivity contribution in [2.45, 2.75) is 13.5 Å². The van der Waals surface area contributed by atoms with Crippen LogP contribution in [0.25, 0.3) is 11.1 Å². The van der Waals surface area contributed by atoms with Crippen molar-refractivity contribution in [3.05, 3.63) is 53.6 Å². The minimum Gasteiger partial charge on any atom is -0.497 e. The Morgan fingerprint density at radius 3 is 2.47 bits per heavy atom. The maximum atomic E-state index is 9.44. The highest BCUT2D eigenvalue weighted by Gasteiger charge is 2.07. The van der Waals surface area contributed by atoms with E-state index in [9.17, 15) is 5.11 Å². The second-order valence-electron chi connectivity index (χ2n) is 4.00. The monoisotopic (exact) mass is 228 g/mol. The fourth-order valence-electron chi connectivity index (χ4n) is 1.97. The number of benzene rings is 2. The number of hydrogen-bond acceptors (Lipinski definition) is 2. The molecule has 2 aromatic rings. The van der Waals surface area contributed by atoms with E-state index in [0.717, 1.165) is 22.4 Å². The van der Waals surface area contributed by atoms with Crippen LogP contribution in [0.4, 0.5) is 0 Å². The van der Waals surface area contributed by atoms with E-state index in [1.165, 1.54) is 5.56 Å². The van der Waals surface area contributed by atoms with Crippen LogP contribution in [0.1, 0.15) is 11.1 Å². The Balaban J connectivity index is 2.56. The van der Waals surface area contributed by atoms with Crippen molar-refractivity contribution in [1.29, 1.82) is 0 Å². The molecule has 0 radical (unpaired) electrons. The fraction of sp³-hybridized carbons (Fsp3) is 0.200. The molecule has 2 rings (SSSR count). The summed E-state index contributed by atoms with van der Waals surface area (Å²) in [6.45, 7) is 2.08. The Hall–Kier alpha value is -1.80. The molecule has 0 atom stereocenters. The number of ether oxygens (including phenoxy) is 1. The normalized spacial score (nSPS) is 10.3. The molecule has 0 amide bonds. The lowest BCUT2D eigenvalue weighted by Crippen LogP contribution is -1.93. The second-order valence-corrected chi connectivity index (χ2v) is 4.00. The minimum absolute atomic E-state index is 0.0147. The van der Waals surface area contributed by atoms with Gasteiger partial charge in [-0.2, -0.15) is 0 Å². The van der Waals surface area contributed by atoms with Crippen molar-refractivity contribution >= 4 is 0 Å². The van der Waals surface area contributed by atoms with Gasteiger partial charge in [0, 0.05) is 0 Å². The molecule has 0 saturated carbocycles. The Labute approximate surface area is 101 Å². The van der Waals surface area contributed by atoms with Crippen LogP contribution in [0.5, 0.6) is 5.75 Å². The van der Waals surface area contributed by atoms with Crippen LogP contribution in [-0.2, 0) is 6.61 Å². The zero-order valence-corrected chi connectivity index (χ0v) is 10.1. The summed E-state index contributed by atoms with van der Waals surface area (Å²) in [4.78, 5) is 0. The standard InChI is InChI=1S/C15H16O2/c1-11-5-3-4-6-14(11)15-8-7-13(17-2)9-12(15)10-16/h3-9,16H,10H2,1-2H3. The zero-order chi connectivity index (χ0) is 12.3. The van der Waals surface area contributed by atoms with Gasteiger partial charge in [-0.1, -0.05) is 30.3 Å². The van der Waals surface area contributed by atoms with Gasteiger partial charge in [-0.15, -0.1) is 0 Å². The molecule has 0 heterocycles. The van der Waals surface area contributed by atoms with Gasteiger partial charge in [-0.3, -0.25) is 0 Å². The van der Waals surface area contributed by atoms with Gasteiger partial charge >= 0.3 is 0 Å². The summed E-state index contributed by atoms with van der Waals surface area (Å²) >= 11 is 0. The maximum absolute atomic E-state index is 9.44. The number of hydrogen-bond donors (Lipinski definition) is 1. The van der Waals surface area contributed by atoms with Gasteiger partial charge in [0.15, 0.2) is 0 Å². The van der Waals surface area contributed by atoms with Crippen molar-refractivity contribution in [2.75, 3.05) is 7.11 Å². The first-order valence-corrected chi connectivity index (χ1v) is 5.60. The Bertz CT molecular complexity index is 518. The third kappa shape index (κ3) is 2.32. The molecule has 0 unspecified atom stereocenters. The fourth-order valence-corrected chi connectivity index (χ4v) is 1.97. The van der Waals surface area contributed by atoms with Crippen molar-refractivity contribution in [2.24, 2.45) is 0 Å². The van der Waals surface area contributed by atoms with Crippen LogP contribution in [-0.4, -0.2) is 12.2 Å². The van der Waals surface area contributed by atoms with Crippen molar-refractivity contribution in [3.8, 4) is 16.9 Å². The summed E-state index contributed by atoms with van der Waals surface area (Å²) in [6, 6.07) is 13.9. The smallest absolute Gasteiger partial charge is 0.119 e. The van der Waals surface area contributed by atoms with E-state index < -0.39 is 0 Å². The topological polar surface area (TPSA) is 29.5 Å². The highest BCUT2D eigenvalue weighted by Crippen LogP contribution is 2.29. The molecule has 0 fully saturated rings. The van der Waals surface area contributed by atoms with Gasteiger partial charge in [0.05, 0.1) is 13.7 Å². The van der Waals surface area contributed by atoms with Crippen molar-refractivity contribution < 1.29 is 9.84 Å². The largest absolute Gasteiger partial charge is 0.497 e. The van der Waals surface area contributed by atoms with Crippen molar-refractivity contribution in [3.63, 3.8) is 0 Å². The summed E-state index contributed by atoms with van der Waals surface area (Å²) in [6.07, 6.45) is 0. The van der Waals surface area contributed by atoms with Gasteiger partial charge in [0.25, 0.3) is 0 Å². The molecule has 0 saturated heterocycles. The number of aliphatic hydroxyl groups is 1. The third-order valence-electron chi connectivity index (χ3n) is 2.92. The van der Waals surface area contributed by atoms with E-state index in [4.69, 9.17) is 4.74 Å². The predicted molar refractivity (Wildman–Crippen MR) is 69.1 cm³/mol. The first kappa shape index (κ1) is 11.7. The van der Waals surface area contributed by atoms with Gasteiger partial charge in [0.1, 0.15) is 5.75 Å². The molecule has 2 nitrogen and oxygen atoms in total. The van der Waals surface area contributed by atoms with Crippen LogP contribution in [0.2, 0.25) is 0 Å². The molecule has 1 N–H and O–H groups in total. The minimum atomic E-state index is 0.0147. The molecule has 2 aromatic carbocycles.